The van der Waals surface area contributed by atoms with Crippen molar-refractivity contribution in [2.24, 2.45) is 5.92 Å². The van der Waals surface area contributed by atoms with Crippen molar-refractivity contribution in [1.29, 1.82) is 0 Å². The van der Waals surface area contributed by atoms with Crippen LogP contribution in [-0.4, -0.2) is 40.5 Å². The second kappa shape index (κ2) is 9.48. The Bertz CT molecular complexity index is 856. The van der Waals surface area contributed by atoms with E-state index >= 15 is 0 Å². The third-order valence-electron chi connectivity index (χ3n) is 3.43. The summed E-state index contributed by atoms with van der Waals surface area (Å²) in [5.74, 6) is -1.45. The van der Waals surface area contributed by atoms with Gasteiger partial charge >= 0.3 is 5.97 Å². The highest BCUT2D eigenvalue weighted by Crippen LogP contribution is 2.18. The number of thioether (sulfide) groups is 1. The molecule has 0 unspecified atom stereocenters. The van der Waals surface area contributed by atoms with Gasteiger partial charge in [0.05, 0.1) is 11.2 Å². The van der Waals surface area contributed by atoms with Gasteiger partial charge in [0, 0.05) is 17.2 Å². The molecule has 9 heteroatoms. The summed E-state index contributed by atoms with van der Waals surface area (Å²) >= 11 is 7.16. The minimum atomic E-state index is -0.799. The maximum atomic E-state index is 12.2. The van der Waals surface area contributed by atoms with E-state index in [9.17, 15) is 14.4 Å². The fourth-order valence-corrected chi connectivity index (χ4v) is 2.41. The first-order chi connectivity index (χ1) is 12.8. The van der Waals surface area contributed by atoms with Gasteiger partial charge in [-0.05, 0) is 30.5 Å². The van der Waals surface area contributed by atoms with Crippen LogP contribution in [0.2, 0.25) is 5.02 Å². The topological polar surface area (TPSA) is 98.2 Å². The molecule has 0 aliphatic rings. The Hall–Kier alpha value is -2.45. The van der Waals surface area contributed by atoms with Crippen LogP contribution in [0.3, 0.4) is 0 Å². The average molecular weight is 408 g/mol. The number of carbonyl (C=O) groups excluding carboxylic acids is 3. The molecule has 1 aromatic heterocycles. The number of hydrogen-bond donors (Lipinski definition) is 1. The number of ether oxygens (including phenoxy) is 1. The van der Waals surface area contributed by atoms with Gasteiger partial charge < -0.3 is 10.1 Å². The molecule has 142 valence electrons. The summed E-state index contributed by atoms with van der Waals surface area (Å²) in [5.41, 5.74) is 0.846. The highest BCUT2D eigenvalue weighted by molar-refractivity contribution is 7.98. The zero-order chi connectivity index (χ0) is 20.0. The van der Waals surface area contributed by atoms with Gasteiger partial charge in [-0.25, -0.2) is 14.8 Å². The number of aromatic nitrogens is 2. The van der Waals surface area contributed by atoms with Gasteiger partial charge in [0.25, 0.3) is 0 Å². The predicted molar refractivity (Wildman–Crippen MR) is 103 cm³/mol. The lowest BCUT2D eigenvalue weighted by atomic mass is 10.1. The minimum Gasteiger partial charge on any atom is -0.453 e. The molecule has 2 rings (SSSR count). The van der Waals surface area contributed by atoms with Crippen LogP contribution in [-0.2, 0) is 9.53 Å². The van der Waals surface area contributed by atoms with Crippen molar-refractivity contribution < 1.29 is 19.1 Å². The Kier molecular flexibility index (Phi) is 7.32. The Morgan fingerprint density at radius 1 is 1.22 bits per heavy atom. The van der Waals surface area contributed by atoms with Gasteiger partial charge in [-0.15, -0.1) is 0 Å². The summed E-state index contributed by atoms with van der Waals surface area (Å²) in [6, 6.07) is 6.33. The molecule has 0 aliphatic carbocycles. The smallest absolute Gasteiger partial charge is 0.359 e. The third kappa shape index (κ3) is 5.77. The fourth-order valence-electron chi connectivity index (χ4n) is 1.90. The van der Waals surface area contributed by atoms with E-state index in [4.69, 9.17) is 16.3 Å². The quantitative estimate of drug-likeness (QED) is 0.324. The number of esters is 1. The summed E-state index contributed by atoms with van der Waals surface area (Å²) in [7, 11) is 0. The number of benzene rings is 1. The molecule has 7 nitrogen and oxygen atoms in total. The number of anilines is 1. The first-order valence-electron chi connectivity index (χ1n) is 7.99. The average Bonchev–Trinajstić information content (AvgIpc) is 2.66. The van der Waals surface area contributed by atoms with Gasteiger partial charge in [0.15, 0.2) is 23.2 Å². The van der Waals surface area contributed by atoms with Crippen molar-refractivity contribution in [2.75, 3.05) is 18.2 Å². The minimum absolute atomic E-state index is 0.0514. The van der Waals surface area contributed by atoms with E-state index in [1.807, 2.05) is 0 Å². The van der Waals surface area contributed by atoms with Crippen LogP contribution in [0.1, 0.15) is 34.7 Å². The number of rotatable bonds is 7. The van der Waals surface area contributed by atoms with Crippen LogP contribution in [0.4, 0.5) is 5.69 Å². The number of nitrogens with zero attached hydrogens (tertiary/aromatic N) is 2. The normalized spacial score (nSPS) is 10.6. The number of hydrogen-bond acceptors (Lipinski definition) is 7. The van der Waals surface area contributed by atoms with Crippen LogP contribution >= 0.6 is 23.4 Å². The van der Waals surface area contributed by atoms with Crippen molar-refractivity contribution in [3.8, 4) is 0 Å². The lowest BCUT2D eigenvalue weighted by molar-refractivity contribution is -0.118. The van der Waals surface area contributed by atoms with Crippen LogP contribution in [0.15, 0.2) is 35.6 Å². The van der Waals surface area contributed by atoms with E-state index in [0.29, 0.717) is 16.4 Å². The van der Waals surface area contributed by atoms with E-state index in [1.165, 1.54) is 18.0 Å². The summed E-state index contributed by atoms with van der Waals surface area (Å²) in [5, 5.41) is 3.15. The molecule has 1 amide bonds. The monoisotopic (exact) mass is 407 g/mol. The predicted octanol–water partition coefficient (Wildman–Crippen LogP) is 3.49. The second-order valence-corrected chi connectivity index (χ2v) is 6.95. The molecular weight excluding hydrogens is 390 g/mol. The maximum Gasteiger partial charge on any atom is 0.359 e. The zero-order valence-electron chi connectivity index (χ0n) is 15.0. The summed E-state index contributed by atoms with van der Waals surface area (Å²) < 4.78 is 5.01. The highest BCUT2D eigenvalue weighted by atomic mass is 35.5. The van der Waals surface area contributed by atoms with Crippen molar-refractivity contribution in [3.63, 3.8) is 0 Å². The molecule has 1 N–H and O–H groups in total. The summed E-state index contributed by atoms with van der Waals surface area (Å²) in [6.07, 6.45) is 3.07. The van der Waals surface area contributed by atoms with Crippen LogP contribution in [0.25, 0.3) is 0 Å². The largest absolute Gasteiger partial charge is 0.453 e. The number of halogens is 1. The van der Waals surface area contributed by atoms with Crippen molar-refractivity contribution in [2.45, 2.75) is 19.0 Å². The van der Waals surface area contributed by atoms with Gasteiger partial charge in [0.2, 0.25) is 5.91 Å². The number of Topliss-reactive ketones (excluding diaryl/α,β-unsaturated/α-hetero) is 1. The van der Waals surface area contributed by atoms with Crippen molar-refractivity contribution >= 4 is 46.7 Å². The van der Waals surface area contributed by atoms with Crippen LogP contribution in [0.5, 0.6) is 0 Å². The lowest BCUT2D eigenvalue weighted by Gasteiger charge is -2.09. The number of carbonyl (C=O) groups is 3. The van der Waals surface area contributed by atoms with Crippen molar-refractivity contribution in [1.82, 2.24) is 9.97 Å². The van der Waals surface area contributed by atoms with Crippen LogP contribution in [0, 0.1) is 5.92 Å². The standard InChI is InChI=1S/C18H18ClN3O4S/c1-10(2)16(24)21-12-6-4-11(5-7-12)14(23)9-26-17(25)15-13(19)8-20-18(22-15)27-3/h4-8,10H,9H2,1-3H3,(H,21,24). The number of ketones is 1. The number of amides is 1. The zero-order valence-corrected chi connectivity index (χ0v) is 16.6. The SMILES string of the molecule is CSc1ncc(Cl)c(C(=O)OCC(=O)c2ccc(NC(=O)C(C)C)cc2)n1. The summed E-state index contributed by atoms with van der Waals surface area (Å²) in [6.45, 7) is 3.12. The molecule has 0 aliphatic heterocycles. The van der Waals surface area contributed by atoms with E-state index < -0.39 is 12.6 Å². The van der Waals surface area contributed by atoms with Gasteiger partial charge in [-0.3, -0.25) is 9.59 Å². The third-order valence-corrected chi connectivity index (χ3v) is 4.27. The van der Waals surface area contributed by atoms with E-state index in [0.717, 1.165) is 0 Å². The molecule has 0 bridgehead atoms. The van der Waals surface area contributed by atoms with Crippen molar-refractivity contribution in [3.05, 3.63) is 46.7 Å². The van der Waals surface area contributed by atoms with Gasteiger partial charge in [-0.1, -0.05) is 37.2 Å². The molecule has 27 heavy (non-hydrogen) atoms. The molecular formula is C18H18ClN3O4S. The number of nitrogens with one attached hydrogen (secondary N) is 1. The second-order valence-electron chi connectivity index (χ2n) is 5.77. The first-order valence-corrected chi connectivity index (χ1v) is 9.60. The molecule has 0 atom stereocenters. The Labute approximate surface area is 165 Å². The molecule has 0 radical (unpaired) electrons. The molecule has 1 aromatic carbocycles. The Morgan fingerprint density at radius 2 is 1.89 bits per heavy atom. The lowest BCUT2D eigenvalue weighted by Crippen LogP contribution is -2.18. The Morgan fingerprint density at radius 3 is 2.48 bits per heavy atom. The fraction of sp³-hybridized carbons (Fsp3) is 0.278. The van der Waals surface area contributed by atoms with E-state index in [1.54, 1.807) is 44.4 Å². The molecule has 0 saturated carbocycles. The Balaban J connectivity index is 1.97. The maximum absolute atomic E-state index is 12.2. The van der Waals surface area contributed by atoms with Crippen LogP contribution < -0.4 is 5.32 Å². The summed E-state index contributed by atoms with van der Waals surface area (Å²) in [4.78, 5) is 43.9. The first kappa shape index (κ1) is 20.9. The van der Waals surface area contributed by atoms with Gasteiger partial charge in [0.1, 0.15) is 0 Å². The van der Waals surface area contributed by atoms with Gasteiger partial charge in [-0.2, -0.15) is 0 Å². The molecule has 0 saturated heterocycles. The highest BCUT2D eigenvalue weighted by Gasteiger charge is 2.18. The van der Waals surface area contributed by atoms with E-state index in [2.05, 4.69) is 15.3 Å². The molecule has 1 heterocycles. The molecule has 0 fully saturated rings. The molecule has 0 spiro atoms. The molecule has 2 aromatic rings. The van der Waals surface area contributed by atoms with E-state index in [-0.39, 0.29) is 28.3 Å².